The number of rotatable bonds is 8. The summed E-state index contributed by atoms with van der Waals surface area (Å²) in [5.74, 6) is -0.501. The van der Waals surface area contributed by atoms with Gasteiger partial charge in [-0.05, 0) is 37.5 Å². The van der Waals surface area contributed by atoms with Gasteiger partial charge in [-0.15, -0.1) is 0 Å². The Morgan fingerprint density at radius 2 is 1.72 bits per heavy atom. The molecule has 2 rings (SSSR count). The molecule has 0 spiro atoms. The first-order valence-corrected chi connectivity index (χ1v) is 8.27. The minimum absolute atomic E-state index is 0.109. The van der Waals surface area contributed by atoms with E-state index >= 15 is 0 Å². The molecule has 0 saturated heterocycles. The maximum Gasteiger partial charge on any atom is 0.336 e. The molecule has 0 aliphatic carbocycles. The summed E-state index contributed by atoms with van der Waals surface area (Å²) in [6, 6.07) is 6.68. The van der Waals surface area contributed by atoms with E-state index in [-0.39, 0.29) is 12.3 Å². The van der Waals surface area contributed by atoms with Crippen LogP contribution in [0.2, 0.25) is 0 Å². The van der Waals surface area contributed by atoms with E-state index in [1.165, 1.54) is 6.07 Å². The van der Waals surface area contributed by atoms with E-state index in [2.05, 4.69) is 5.32 Å². The van der Waals surface area contributed by atoms with Crippen LogP contribution >= 0.6 is 0 Å². The lowest BCUT2D eigenvalue weighted by Gasteiger charge is -2.07. The van der Waals surface area contributed by atoms with Crippen molar-refractivity contribution in [3.8, 4) is 0 Å². The fourth-order valence-electron chi connectivity index (χ4n) is 2.61. The molecule has 7 nitrogen and oxygen atoms in total. The lowest BCUT2D eigenvalue weighted by Crippen LogP contribution is -2.17. The van der Waals surface area contributed by atoms with Crippen LogP contribution in [0.25, 0.3) is 11.0 Å². The molecule has 3 N–H and O–H groups in total. The van der Waals surface area contributed by atoms with Gasteiger partial charge in [-0.1, -0.05) is 12.8 Å². The molecular weight excluding hydrogens is 324 g/mol. The first-order valence-electron chi connectivity index (χ1n) is 8.27. The largest absolute Gasteiger partial charge is 0.423 e. The molecule has 2 aromatic rings. The van der Waals surface area contributed by atoms with E-state index in [4.69, 9.17) is 9.62 Å². The zero-order chi connectivity index (χ0) is 18.2. The Morgan fingerprint density at radius 3 is 2.40 bits per heavy atom. The number of unbranched alkanes of at least 4 members (excludes halogenated alkanes) is 3. The predicted octanol–water partition coefficient (Wildman–Crippen LogP) is 2.89. The van der Waals surface area contributed by atoms with Gasteiger partial charge < -0.3 is 9.73 Å². The highest BCUT2D eigenvalue weighted by Crippen LogP contribution is 2.21. The molecule has 134 valence electrons. The van der Waals surface area contributed by atoms with Crippen molar-refractivity contribution < 1.29 is 19.2 Å². The minimum Gasteiger partial charge on any atom is -0.423 e. The summed E-state index contributed by atoms with van der Waals surface area (Å²) in [5.41, 5.74) is 3.05. The number of carbonyl (C=O) groups is 2. The number of hydroxylamine groups is 1. The summed E-state index contributed by atoms with van der Waals surface area (Å²) in [6.07, 6.45) is 3.71. The third-order valence-corrected chi connectivity index (χ3v) is 3.92. The van der Waals surface area contributed by atoms with Gasteiger partial charge in [0, 0.05) is 36.0 Å². The predicted molar refractivity (Wildman–Crippen MR) is 93.5 cm³/mol. The van der Waals surface area contributed by atoms with Crippen LogP contribution in [-0.4, -0.2) is 17.0 Å². The smallest absolute Gasteiger partial charge is 0.336 e. The second kappa shape index (κ2) is 8.98. The molecule has 0 aliphatic rings. The lowest BCUT2D eigenvalue weighted by atomic mass is 10.1. The van der Waals surface area contributed by atoms with Gasteiger partial charge in [-0.25, -0.2) is 10.3 Å². The van der Waals surface area contributed by atoms with Crippen LogP contribution in [0.15, 0.2) is 33.5 Å². The van der Waals surface area contributed by atoms with Crippen molar-refractivity contribution in [1.29, 1.82) is 0 Å². The van der Waals surface area contributed by atoms with Crippen molar-refractivity contribution in [3.63, 3.8) is 0 Å². The van der Waals surface area contributed by atoms with Crippen LogP contribution in [0.4, 0.5) is 5.69 Å². The second-order valence-corrected chi connectivity index (χ2v) is 5.96. The SMILES string of the molecule is Cc1cc(=O)oc2cc(NC(=O)CCCCCCC(=O)NO)ccc12. The number of amides is 2. The maximum atomic E-state index is 12.0. The first-order chi connectivity index (χ1) is 12.0. The summed E-state index contributed by atoms with van der Waals surface area (Å²) in [5, 5.41) is 12.0. The van der Waals surface area contributed by atoms with Crippen LogP contribution in [0.5, 0.6) is 0 Å². The van der Waals surface area contributed by atoms with Gasteiger partial charge in [-0.2, -0.15) is 0 Å². The summed E-state index contributed by atoms with van der Waals surface area (Å²) >= 11 is 0. The Balaban J connectivity index is 1.80. The van der Waals surface area contributed by atoms with Gasteiger partial charge in [0.25, 0.3) is 0 Å². The highest BCUT2D eigenvalue weighted by atomic mass is 16.5. The average molecular weight is 346 g/mol. The minimum atomic E-state index is -0.414. The van der Waals surface area contributed by atoms with Gasteiger partial charge in [0.1, 0.15) is 5.58 Å². The topological polar surface area (TPSA) is 109 Å². The second-order valence-electron chi connectivity index (χ2n) is 5.96. The summed E-state index contributed by atoms with van der Waals surface area (Å²) in [6.45, 7) is 1.84. The Kier molecular flexibility index (Phi) is 6.71. The number of hydrogen-bond donors (Lipinski definition) is 3. The number of aryl methyl sites for hydroxylation is 1. The fourth-order valence-corrected chi connectivity index (χ4v) is 2.61. The maximum absolute atomic E-state index is 12.0. The third-order valence-electron chi connectivity index (χ3n) is 3.92. The summed E-state index contributed by atoms with van der Waals surface area (Å²) in [7, 11) is 0. The molecule has 0 radical (unpaired) electrons. The summed E-state index contributed by atoms with van der Waals surface area (Å²) < 4.78 is 5.16. The zero-order valence-electron chi connectivity index (χ0n) is 14.1. The quantitative estimate of drug-likeness (QED) is 0.295. The van der Waals surface area contributed by atoms with Crippen molar-refractivity contribution in [1.82, 2.24) is 5.48 Å². The van der Waals surface area contributed by atoms with Gasteiger partial charge in [0.05, 0.1) is 0 Å². The van der Waals surface area contributed by atoms with E-state index in [1.807, 2.05) is 13.0 Å². The number of fused-ring (bicyclic) bond motifs is 1. The number of nitrogens with one attached hydrogen (secondary N) is 2. The zero-order valence-corrected chi connectivity index (χ0v) is 14.1. The van der Waals surface area contributed by atoms with Crippen LogP contribution < -0.4 is 16.4 Å². The average Bonchev–Trinajstić information content (AvgIpc) is 2.57. The Bertz CT molecular complexity index is 813. The molecule has 0 fully saturated rings. The molecule has 0 aliphatic heterocycles. The van der Waals surface area contributed by atoms with Gasteiger partial charge >= 0.3 is 5.63 Å². The number of carbonyl (C=O) groups excluding carboxylic acids is 2. The van der Waals surface area contributed by atoms with E-state index < -0.39 is 11.5 Å². The molecule has 0 saturated carbocycles. The molecule has 7 heteroatoms. The van der Waals surface area contributed by atoms with Crippen molar-refractivity contribution in [3.05, 3.63) is 40.2 Å². The number of anilines is 1. The van der Waals surface area contributed by atoms with Crippen LogP contribution in [0, 0.1) is 6.92 Å². The lowest BCUT2D eigenvalue weighted by molar-refractivity contribution is -0.129. The highest BCUT2D eigenvalue weighted by molar-refractivity contribution is 5.93. The molecule has 25 heavy (non-hydrogen) atoms. The molecule has 1 heterocycles. The number of hydrogen-bond acceptors (Lipinski definition) is 5. The van der Waals surface area contributed by atoms with Gasteiger partial charge in [-0.3, -0.25) is 14.8 Å². The highest BCUT2D eigenvalue weighted by Gasteiger charge is 2.06. The molecular formula is C18H22N2O5. The van der Waals surface area contributed by atoms with Gasteiger partial charge in [0.15, 0.2) is 0 Å². The third kappa shape index (κ3) is 5.72. The Morgan fingerprint density at radius 1 is 1.04 bits per heavy atom. The molecule has 0 atom stereocenters. The summed E-state index contributed by atoms with van der Waals surface area (Å²) in [4.78, 5) is 34.2. The van der Waals surface area contributed by atoms with E-state index in [9.17, 15) is 14.4 Å². The standard InChI is InChI=1S/C18H22N2O5/c1-12-10-18(23)25-15-11-13(8-9-14(12)15)19-16(21)6-4-2-3-5-7-17(22)20-24/h8-11,24H,2-7H2,1H3,(H,19,21)(H,20,22). The molecule has 0 unspecified atom stereocenters. The molecule has 1 aromatic heterocycles. The van der Waals surface area contributed by atoms with E-state index in [0.717, 1.165) is 23.8 Å². The van der Waals surface area contributed by atoms with E-state index in [0.29, 0.717) is 30.5 Å². The fraction of sp³-hybridized carbons (Fsp3) is 0.389. The van der Waals surface area contributed by atoms with Crippen LogP contribution in [-0.2, 0) is 9.59 Å². The van der Waals surface area contributed by atoms with Crippen molar-refractivity contribution in [2.45, 2.75) is 45.4 Å². The molecule has 1 aromatic carbocycles. The van der Waals surface area contributed by atoms with E-state index in [1.54, 1.807) is 17.6 Å². The van der Waals surface area contributed by atoms with Crippen molar-refractivity contribution in [2.75, 3.05) is 5.32 Å². The number of benzene rings is 1. The van der Waals surface area contributed by atoms with Crippen LogP contribution in [0.1, 0.15) is 44.1 Å². The Labute approximate surface area is 145 Å². The molecule has 0 bridgehead atoms. The van der Waals surface area contributed by atoms with Crippen molar-refractivity contribution >= 4 is 28.5 Å². The molecule has 2 amide bonds. The first kappa shape index (κ1) is 18.7. The van der Waals surface area contributed by atoms with Gasteiger partial charge in [0.2, 0.25) is 11.8 Å². The Hall–Kier alpha value is -2.67. The normalized spacial score (nSPS) is 10.6. The van der Waals surface area contributed by atoms with Crippen molar-refractivity contribution in [2.24, 2.45) is 0 Å². The van der Waals surface area contributed by atoms with Crippen LogP contribution in [0.3, 0.4) is 0 Å². The monoisotopic (exact) mass is 346 g/mol.